The van der Waals surface area contributed by atoms with Crippen molar-refractivity contribution in [3.8, 4) is 0 Å². The molecule has 0 saturated heterocycles. The third-order valence-corrected chi connectivity index (χ3v) is 5.10. The Kier molecular flexibility index (Phi) is 5.04. The number of carbonyl (C=O) groups is 1. The van der Waals surface area contributed by atoms with E-state index in [1.54, 1.807) is 19.1 Å². The van der Waals surface area contributed by atoms with Crippen molar-refractivity contribution in [3.63, 3.8) is 0 Å². The van der Waals surface area contributed by atoms with E-state index in [1.807, 2.05) is 4.72 Å². The lowest BCUT2D eigenvalue weighted by molar-refractivity contribution is 0.102. The number of H-pyrrole nitrogens is 1. The average molecular weight is 395 g/mol. The quantitative estimate of drug-likeness (QED) is 0.593. The zero-order valence-electron chi connectivity index (χ0n) is 14.1. The fourth-order valence-corrected chi connectivity index (χ4v) is 3.56. The topological polar surface area (TPSA) is 117 Å². The summed E-state index contributed by atoms with van der Waals surface area (Å²) >= 11 is 0. The predicted molar refractivity (Wildman–Crippen MR) is 95.9 cm³/mol. The van der Waals surface area contributed by atoms with E-state index < -0.39 is 38.9 Å². The Balaban J connectivity index is 1.92. The van der Waals surface area contributed by atoms with Gasteiger partial charge in [0.1, 0.15) is 17.2 Å². The highest BCUT2D eigenvalue weighted by Gasteiger charge is 2.21. The van der Waals surface area contributed by atoms with Crippen LogP contribution >= 0.6 is 0 Å². The molecular formula is C16H15F2N5O3S. The number of carbonyl (C=O) groups excluding carboxylic acids is 1. The molecule has 0 saturated carbocycles. The Morgan fingerprint density at radius 2 is 2.04 bits per heavy atom. The molecule has 0 spiro atoms. The second-order valence-corrected chi connectivity index (χ2v) is 7.47. The standard InChI is InChI=1S/C16H15F2N5O3S/c1-2-8-27(25,26)23-11-6-5-10(17)14(12(11)18)20-16(24)13-9-4-3-7-19-15(9)22-21-13/h3-7,23H,2,8H2,1H3,(H,20,24)(H,19,21,22). The van der Waals surface area contributed by atoms with Gasteiger partial charge in [0.15, 0.2) is 11.5 Å². The molecule has 0 radical (unpaired) electrons. The van der Waals surface area contributed by atoms with E-state index >= 15 is 0 Å². The van der Waals surface area contributed by atoms with E-state index in [9.17, 15) is 22.0 Å². The first-order valence-electron chi connectivity index (χ1n) is 7.91. The molecule has 11 heteroatoms. The highest BCUT2D eigenvalue weighted by atomic mass is 32.2. The van der Waals surface area contributed by atoms with E-state index in [4.69, 9.17) is 0 Å². The van der Waals surface area contributed by atoms with Crippen LogP contribution < -0.4 is 10.0 Å². The minimum Gasteiger partial charge on any atom is -0.316 e. The fraction of sp³-hybridized carbons (Fsp3) is 0.188. The SMILES string of the molecule is CCCS(=O)(=O)Nc1ccc(F)c(NC(=O)c2[nH]nc3ncccc23)c1F. The van der Waals surface area contributed by atoms with E-state index in [-0.39, 0.29) is 17.1 Å². The van der Waals surface area contributed by atoms with Gasteiger partial charge in [-0.3, -0.25) is 14.6 Å². The third-order valence-electron chi connectivity index (χ3n) is 3.62. The Bertz CT molecular complexity index is 1110. The van der Waals surface area contributed by atoms with Gasteiger partial charge in [0.05, 0.1) is 16.8 Å². The number of aromatic nitrogens is 3. The van der Waals surface area contributed by atoms with Gasteiger partial charge in [-0.05, 0) is 30.7 Å². The maximum absolute atomic E-state index is 14.6. The van der Waals surface area contributed by atoms with Gasteiger partial charge in [0, 0.05) is 6.20 Å². The van der Waals surface area contributed by atoms with Crippen molar-refractivity contribution >= 4 is 38.3 Å². The maximum atomic E-state index is 14.6. The Hall–Kier alpha value is -3.08. The first-order chi connectivity index (χ1) is 12.8. The first kappa shape index (κ1) is 18.7. The van der Waals surface area contributed by atoms with Crippen molar-refractivity contribution in [2.75, 3.05) is 15.8 Å². The molecule has 3 rings (SSSR count). The lowest BCUT2D eigenvalue weighted by Gasteiger charge is -2.12. The van der Waals surface area contributed by atoms with Crippen molar-refractivity contribution < 1.29 is 22.0 Å². The lowest BCUT2D eigenvalue weighted by atomic mass is 10.2. The summed E-state index contributed by atoms with van der Waals surface area (Å²) in [6.45, 7) is 1.65. The summed E-state index contributed by atoms with van der Waals surface area (Å²) < 4.78 is 54.3. The molecule has 8 nitrogen and oxygen atoms in total. The molecule has 0 unspecified atom stereocenters. The number of anilines is 2. The number of benzene rings is 1. The molecule has 142 valence electrons. The molecule has 1 amide bonds. The largest absolute Gasteiger partial charge is 0.316 e. The van der Waals surface area contributed by atoms with Crippen molar-refractivity contribution in [2.45, 2.75) is 13.3 Å². The van der Waals surface area contributed by atoms with Crippen LogP contribution in [0.2, 0.25) is 0 Å². The van der Waals surface area contributed by atoms with Crippen LogP contribution in [0.4, 0.5) is 20.2 Å². The number of amides is 1. The van der Waals surface area contributed by atoms with Crippen molar-refractivity contribution in [1.29, 1.82) is 0 Å². The summed E-state index contributed by atoms with van der Waals surface area (Å²) in [5, 5.41) is 8.78. The number of nitrogens with one attached hydrogen (secondary N) is 3. The van der Waals surface area contributed by atoms with Crippen LogP contribution in [0.25, 0.3) is 11.0 Å². The van der Waals surface area contributed by atoms with Gasteiger partial charge < -0.3 is 5.32 Å². The summed E-state index contributed by atoms with van der Waals surface area (Å²) in [5.41, 5.74) is -1.00. The molecule has 2 heterocycles. The Morgan fingerprint density at radius 1 is 1.26 bits per heavy atom. The van der Waals surface area contributed by atoms with Crippen LogP contribution in [-0.4, -0.2) is 35.3 Å². The van der Waals surface area contributed by atoms with Crippen LogP contribution in [0, 0.1) is 11.6 Å². The van der Waals surface area contributed by atoms with Gasteiger partial charge in [0.25, 0.3) is 5.91 Å². The number of hydrogen-bond donors (Lipinski definition) is 3. The number of pyridine rings is 1. The summed E-state index contributed by atoms with van der Waals surface area (Å²) in [4.78, 5) is 16.4. The Morgan fingerprint density at radius 3 is 2.78 bits per heavy atom. The third kappa shape index (κ3) is 3.87. The van der Waals surface area contributed by atoms with E-state index in [2.05, 4.69) is 20.5 Å². The summed E-state index contributed by atoms with van der Waals surface area (Å²) in [6.07, 6.45) is 1.80. The van der Waals surface area contributed by atoms with Crippen LogP contribution in [0.3, 0.4) is 0 Å². The highest BCUT2D eigenvalue weighted by Crippen LogP contribution is 2.27. The molecule has 0 aliphatic carbocycles. The predicted octanol–water partition coefficient (Wildman–Crippen LogP) is 2.64. The zero-order chi connectivity index (χ0) is 19.6. The van der Waals surface area contributed by atoms with Crippen molar-refractivity contribution in [1.82, 2.24) is 15.2 Å². The van der Waals surface area contributed by atoms with E-state index in [1.165, 1.54) is 6.20 Å². The van der Waals surface area contributed by atoms with Gasteiger partial charge in [0.2, 0.25) is 10.0 Å². The molecular weight excluding hydrogens is 380 g/mol. The number of rotatable bonds is 6. The molecule has 3 N–H and O–H groups in total. The van der Waals surface area contributed by atoms with Gasteiger partial charge >= 0.3 is 0 Å². The van der Waals surface area contributed by atoms with Crippen molar-refractivity contribution in [3.05, 3.63) is 47.8 Å². The molecule has 0 aliphatic rings. The molecule has 0 atom stereocenters. The summed E-state index contributed by atoms with van der Waals surface area (Å²) in [7, 11) is -3.79. The normalized spacial score (nSPS) is 11.5. The number of nitrogens with zero attached hydrogens (tertiary/aromatic N) is 2. The molecule has 0 fully saturated rings. The van der Waals surface area contributed by atoms with E-state index in [0.29, 0.717) is 11.8 Å². The molecule has 3 aromatic rings. The highest BCUT2D eigenvalue weighted by molar-refractivity contribution is 7.92. The van der Waals surface area contributed by atoms with Gasteiger partial charge in [-0.2, -0.15) is 5.10 Å². The number of aromatic amines is 1. The average Bonchev–Trinajstić information content (AvgIpc) is 3.05. The minimum absolute atomic E-state index is 0.0335. The van der Waals surface area contributed by atoms with Crippen LogP contribution in [0.15, 0.2) is 30.5 Å². The Labute approximate surface area is 153 Å². The maximum Gasteiger partial charge on any atom is 0.274 e. The first-order valence-corrected chi connectivity index (χ1v) is 9.56. The zero-order valence-corrected chi connectivity index (χ0v) is 14.9. The number of halogens is 2. The molecule has 0 bridgehead atoms. The smallest absolute Gasteiger partial charge is 0.274 e. The van der Waals surface area contributed by atoms with E-state index in [0.717, 1.165) is 12.1 Å². The number of hydrogen-bond acceptors (Lipinski definition) is 5. The summed E-state index contributed by atoms with van der Waals surface area (Å²) in [6, 6.07) is 4.96. The second-order valence-electron chi connectivity index (χ2n) is 5.63. The van der Waals surface area contributed by atoms with Gasteiger partial charge in [-0.15, -0.1) is 0 Å². The molecule has 0 aliphatic heterocycles. The van der Waals surface area contributed by atoms with Gasteiger partial charge in [-0.25, -0.2) is 22.2 Å². The molecule has 1 aromatic carbocycles. The van der Waals surface area contributed by atoms with Crippen LogP contribution in [0.1, 0.15) is 23.8 Å². The number of fused-ring (bicyclic) bond motifs is 1. The fourth-order valence-electron chi connectivity index (χ4n) is 2.43. The second kappa shape index (κ2) is 7.27. The van der Waals surface area contributed by atoms with Gasteiger partial charge in [-0.1, -0.05) is 6.92 Å². The van der Waals surface area contributed by atoms with Crippen LogP contribution in [-0.2, 0) is 10.0 Å². The lowest BCUT2D eigenvalue weighted by Crippen LogP contribution is -2.19. The molecule has 27 heavy (non-hydrogen) atoms. The summed E-state index contributed by atoms with van der Waals surface area (Å²) in [5.74, 6) is -3.36. The number of sulfonamides is 1. The minimum atomic E-state index is -3.79. The monoisotopic (exact) mass is 395 g/mol. The van der Waals surface area contributed by atoms with Crippen LogP contribution in [0.5, 0.6) is 0 Å². The molecule has 2 aromatic heterocycles. The van der Waals surface area contributed by atoms with Crippen molar-refractivity contribution in [2.24, 2.45) is 0 Å².